The molecule has 0 aliphatic rings. The van der Waals surface area contributed by atoms with Crippen LogP contribution in [-0.4, -0.2) is 41.6 Å². The Balaban J connectivity index is 1.71. The van der Waals surface area contributed by atoms with Crippen LogP contribution in [0.5, 0.6) is 0 Å². The van der Waals surface area contributed by atoms with E-state index in [2.05, 4.69) is 10.3 Å². The van der Waals surface area contributed by atoms with Crippen LogP contribution in [0.1, 0.15) is 17.0 Å². The van der Waals surface area contributed by atoms with E-state index in [9.17, 15) is 23.3 Å². The number of rotatable bonds is 8. The smallest absolute Gasteiger partial charge is 0.271 e. The highest BCUT2D eigenvalue weighted by molar-refractivity contribution is 7.92. The van der Waals surface area contributed by atoms with E-state index in [0.717, 1.165) is 33.7 Å². The fourth-order valence-corrected chi connectivity index (χ4v) is 4.08. The molecule has 0 aliphatic heterocycles. The maximum absolute atomic E-state index is 12.5. The summed E-state index contributed by atoms with van der Waals surface area (Å²) in [5, 5.41) is 13.8. The van der Waals surface area contributed by atoms with Gasteiger partial charge in [-0.1, -0.05) is 18.2 Å². The molecule has 3 aromatic rings. The van der Waals surface area contributed by atoms with E-state index in [1.54, 1.807) is 13.1 Å². The number of nitro benzene ring substituents is 1. The van der Waals surface area contributed by atoms with Crippen molar-refractivity contribution in [2.24, 2.45) is 0 Å². The molecule has 0 spiro atoms. The quantitative estimate of drug-likeness (QED) is 0.409. The van der Waals surface area contributed by atoms with Gasteiger partial charge in [-0.2, -0.15) is 0 Å². The molecular weight excluding hydrogens is 434 g/mol. The van der Waals surface area contributed by atoms with Crippen molar-refractivity contribution >= 4 is 27.3 Å². The second-order valence-electron chi connectivity index (χ2n) is 7.29. The summed E-state index contributed by atoms with van der Waals surface area (Å²) in [6.45, 7) is 3.23. The average Bonchev–Trinajstić information content (AvgIpc) is 3.16. The minimum Gasteiger partial charge on any atom is -0.350 e. The zero-order valence-corrected chi connectivity index (χ0v) is 18.7. The molecule has 0 radical (unpaired) electrons. The molecule has 1 heterocycles. The number of nitrogens with one attached hydrogen (secondary N) is 1. The molecule has 0 atom stereocenters. The molecule has 2 aromatic carbocycles. The van der Waals surface area contributed by atoms with E-state index in [1.807, 2.05) is 42.0 Å². The monoisotopic (exact) mass is 457 g/mol. The van der Waals surface area contributed by atoms with Gasteiger partial charge in [0.2, 0.25) is 15.9 Å². The second-order valence-corrected chi connectivity index (χ2v) is 9.19. The van der Waals surface area contributed by atoms with Gasteiger partial charge in [0.15, 0.2) is 0 Å². The van der Waals surface area contributed by atoms with Crippen LogP contribution in [0, 0.1) is 24.0 Å². The van der Waals surface area contributed by atoms with Gasteiger partial charge in [0.1, 0.15) is 12.4 Å². The van der Waals surface area contributed by atoms with Crippen LogP contribution < -0.4 is 9.62 Å². The third-order valence-corrected chi connectivity index (χ3v) is 6.02. The number of imidazole rings is 1. The summed E-state index contributed by atoms with van der Waals surface area (Å²) < 4.78 is 27.4. The zero-order valence-electron chi connectivity index (χ0n) is 17.8. The van der Waals surface area contributed by atoms with Crippen LogP contribution in [0.3, 0.4) is 0 Å². The van der Waals surface area contributed by atoms with E-state index in [0.29, 0.717) is 5.56 Å². The number of sulfonamides is 1. The van der Waals surface area contributed by atoms with Gasteiger partial charge >= 0.3 is 0 Å². The maximum atomic E-state index is 12.5. The van der Waals surface area contributed by atoms with Crippen molar-refractivity contribution in [3.63, 3.8) is 0 Å². The lowest BCUT2D eigenvalue weighted by Gasteiger charge is -2.23. The largest absolute Gasteiger partial charge is 0.350 e. The Morgan fingerprint density at radius 1 is 1.19 bits per heavy atom. The first kappa shape index (κ1) is 22.9. The van der Waals surface area contributed by atoms with E-state index in [4.69, 9.17) is 0 Å². The molecule has 1 amide bonds. The summed E-state index contributed by atoms with van der Waals surface area (Å²) >= 11 is 0. The average molecular weight is 458 g/mol. The Labute approximate surface area is 185 Å². The molecule has 1 aromatic heterocycles. The lowest BCUT2D eigenvalue weighted by molar-refractivity contribution is -0.384. The van der Waals surface area contributed by atoms with Crippen LogP contribution in [0.4, 0.5) is 11.4 Å². The minimum absolute atomic E-state index is 0.0944. The zero-order chi connectivity index (χ0) is 23.5. The van der Waals surface area contributed by atoms with E-state index in [-0.39, 0.29) is 17.9 Å². The first-order chi connectivity index (χ1) is 15.1. The SMILES string of the molecule is Cc1ccc([N+](=O)[O-])cc1N(CC(=O)NCc1ccc(-n2ccnc2C)cc1)S(C)(=O)=O. The van der Waals surface area contributed by atoms with Gasteiger partial charge in [0.05, 0.1) is 16.9 Å². The van der Waals surface area contributed by atoms with Crippen molar-refractivity contribution in [1.82, 2.24) is 14.9 Å². The van der Waals surface area contributed by atoms with Gasteiger partial charge in [0, 0.05) is 36.8 Å². The van der Waals surface area contributed by atoms with Crippen LogP contribution in [0.2, 0.25) is 0 Å². The summed E-state index contributed by atoms with van der Waals surface area (Å²) in [6.07, 6.45) is 4.51. The first-order valence-corrected chi connectivity index (χ1v) is 11.5. The number of non-ortho nitro benzene ring substituents is 1. The number of carbonyl (C=O) groups is 1. The third-order valence-electron chi connectivity index (χ3n) is 4.89. The van der Waals surface area contributed by atoms with Gasteiger partial charge in [-0.15, -0.1) is 0 Å². The van der Waals surface area contributed by atoms with Gasteiger partial charge in [-0.25, -0.2) is 13.4 Å². The molecule has 0 bridgehead atoms. The van der Waals surface area contributed by atoms with Crippen molar-refractivity contribution < 1.29 is 18.1 Å². The van der Waals surface area contributed by atoms with Gasteiger partial charge < -0.3 is 9.88 Å². The van der Waals surface area contributed by atoms with Gasteiger partial charge in [-0.05, 0) is 37.1 Å². The Kier molecular flexibility index (Phi) is 6.58. The van der Waals surface area contributed by atoms with Crippen LogP contribution in [0.25, 0.3) is 5.69 Å². The predicted molar refractivity (Wildman–Crippen MR) is 120 cm³/mol. The Morgan fingerprint density at radius 3 is 2.44 bits per heavy atom. The molecule has 3 rings (SSSR count). The molecule has 0 saturated heterocycles. The highest BCUT2D eigenvalue weighted by Crippen LogP contribution is 2.27. The molecule has 11 heteroatoms. The first-order valence-electron chi connectivity index (χ1n) is 9.65. The Bertz CT molecular complexity index is 1250. The molecule has 0 unspecified atom stereocenters. The molecule has 10 nitrogen and oxygen atoms in total. The molecule has 168 valence electrons. The van der Waals surface area contributed by atoms with E-state index >= 15 is 0 Å². The number of hydrogen-bond acceptors (Lipinski definition) is 6. The van der Waals surface area contributed by atoms with Crippen LogP contribution >= 0.6 is 0 Å². The van der Waals surface area contributed by atoms with Crippen molar-refractivity contribution in [2.45, 2.75) is 20.4 Å². The fraction of sp³-hybridized carbons (Fsp3) is 0.238. The van der Waals surface area contributed by atoms with Crippen LogP contribution in [-0.2, 0) is 21.4 Å². The third kappa shape index (κ3) is 5.30. The second kappa shape index (κ2) is 9.18. The van der Waals surface area contributed by atoms with Crippen molar-refractivity contribution in [3.05, 3.63) is 81.9 Å². The Hall–Kier alpha value is -3.73. The molecular formula is C21H23N5O5S. The van der Waals surface area contributed by atoms with Crippen molar-refractivity contribution in [2.75, 3.05) is 17.1 Å². The number of carbonyl (C=O) groups excluding carboxylic acids is 1. The highest BCUT2D eigenvalue weighted by atomic mass is 32.2. The molecule has 1 N–H and O–H groups in total. The highest BCUT2D eigenvalue weighted by Gasteiger charge is 2.24. The number of aryl methyl sites for hydroxylation is 2. The molecule has 32 heavy (non-hydrogen) atoms. The summed E-state index contributed by atoms with van der Waals surface area (Å²) in [4.78, 5) is 27.2. The predicted octanol–water partition coefficient (Wildman–Crippen LogP) is 2.48. The number of nitro groups is 1. The standard InChI is InChI=1S/C21H23N5O5S/c1-15-4-7-19(26(28)29)12-20(15)25(32(3,30)31)14-21(27)23-13-17-5-8-18(9-6-17)24-11-10-22-16(24)2/h4-12H,13-14H2,1-3H3,(H,23,27). The lowest BCUT2D eigenvalue weighted by atomic mass is 10.2. The Morgan fingerprint density at radius 2 is 1.88 bits per heavy atom. The topological polar surface area (TPSA) is 127 Å². The van der Waals surface area contributed by atoms with E-state index in [1.165, 1.54) is 12.1 Å². The number of nitrogens with zero attached hydrogens (tertiary/aromatic N) is 4. The summed E-state index contributed by atoms with van der Waals surface area (Å²) in [5.74, 6) is 0.319. The van der Waals surface area contributed by atoms with Crippen LogP contribution in [0.15, 0.2) is 54.9 Å². The number of aromatic nitrogens is 2. The van der Waals surface area contributed by atoms with Crippen molar-refractivity contribution in [1.29, 1.82) is 0 Å². The molecule has 0 saturated carbocycles. The lowest BCUT2D eigenvalue weighted by Crippen LogP contribution is -2.40. The van der Waals surface area contributed by atoms with Crippen molar-refractivity contribution in [3.8, 4) is 5.69 Å². The molecule has 0 fully saturated rings. The molecule has 0 aliphatic carbocycles. The summed E-state index contributed by atoms with van der Waals surface area (Å²) in [5.41, 5.74) is 2.10. The maximum Gasteiger partial charge on any atom is 0.271 e. The minimum atomic E-state index is -3.85. The van der Waals surface area contributed by atoms with Gasteiger partial charge in [-0.3, -0.25) is 19.2 Å². The number of anilines is 1. The summed E-state index contributed by atoms with van der Waals surface area (Å²) in [6, 6.07) is 11.4. The number of benzene rings is 2. The summed E-state index contributed by atoms with van der Waals surface area (Å²) in [7, 11) is -3.85. The number of amides is 1. The number of hydrogen-bond donors (Lipinski definition) is 1. The fourth-order valence-electron chi connectivity index (χ4n) is 3.17. The van der Waals surface area contributed by atoms with Gasteiger partial charge in [0.25, 0.3) is 5.69 Å². The normalized spacial score (nSPS) is 11.2. The van der Waals surface area contributed by atoms with E-state index < -0.39 is 27.4 Å².